The molecular formula is C27H28N2O6. The predicted molar refractivity (Wildman–Crippen MR) is 129 cm³/mol. The molecule has 8 nitrogen and oxygen atoms in total. The molecule has 1 aliphatic carbocycles. The molecule has 1 saturated heterocycles. The van der Waals surface area contributed by atoms with E-state index in [2.05, 4.69) is 11.2 Å². The number of fused-ring (bicyclic) bond motifs is 3. The van der Waals surface area contributed by atoms with Crippen LogP contribution < -0.4 is 5.32 Å². The lowest BCUT2D eigenvalue weighted by Gasteiger charge is -2.35. The van der Waals surface area contributed by atoms with E-state index >= 15 is 0 Å². The number of nitrogens with one attached hydrogen (secondary N) is 1. The summed E-state index contributed by atoms with van der Waals surface area (Å²) in [6, 6.07) is 14.4. The number of ether oxygens (including phenoxy) is 2. The summed E-state index contributed by atoms with van der Waals surface area (Å²) < 4.78 is 10.9. The molecule has 0 aromatic heterocycles. The second-order valence-electron chi connectivity index (χ2n) is 8.63. The van der Waals surface area contributed by atoms with Crippen molar-refractivity contribution < 1.29 is 29.0 Å². The molecule has 2 aromatic rings. The summed E-state index contributed by atoms with van der Waals surface area (Å²) in [4.78, 5) is 38.9. The first-order valence-corrected chi connectivity index (χ1v) is 11.6. The molecule has 0 spiro atoms. The van der Waals surface area contributed by atoms with Crippen LogP contribution in [0.2, 0.25) is 0 Å². The maximum absolute atomic E-state index is 13.2. The Morgan fingerprint density at radius 2 is 1.69 bits per heavy atom. The molecular weight excluding hydrogens is 448 g/mol. The van der Waals surface area contributed by atoms with Gasteiger partial charge < -0.3 is 24.8 Å². The average molecular weight is 477 g/mol. The normalized spacial score (nSPS) is 15.9. The predicted octanol–water partition coefficient (Wildman–Crippen LogP) is 3.01. The number of alkyl carbamates (subject to hydrolysis) is 1. The van der Waals surface area contributed by atoms with Gasteiger partial charge in [-0.15, -0.1) is 6.42 Å². The van der Waals surface area contributed by atoms with Crippen molar-refractivity contribution in [3.8, 4) is 23.5 Å². The molecule has 1 atom stereocenters. The fourth-order valence-electron chi connectivity index (χ4n) is 4.84. The van der Waals surface area contributed by atoms with Crippen molar-refractivity contribution in [3.63, 3.8) is 0 Å². The minimum atomic E-state index is -1.29. The van der Waals surface area contributed by atoms with Gasteiger partial charge in [0, 0.05) is 25.2 Å². The van der Waals surface area contributed by atoms with Crippen LogP contribution in [-0.2, 0) is 19.1 Å². The van der Waals surface area contributed by atoms with Gasteiger partial charge >= 0.3 is 12.1 Å². The Morgan fingerprint density at radius 3 is 2.26 bits per heavy atom. The standard InChI is InChI=1S/C27H28N2O6/c1-2-13-29(18-11-14-34-15-12-18)26(32)24(16-25(30)31)28-27(33)35-17-23-21-9-5-3-7-19(21)20-8-4-6-10-22(20)23/h1,3-10,18,23-24H,11-17H2,(H,28,33)(H,30,31). The van der Waals surface area contributed by atoms with E-state index < -0.39 is 30.4 Å². The summed E-state index contributed by atoms with van der Waals surface area (Å²) >= 11 is 0. The minimum absolute atomic E-state index is 0.0198. The highest BCUT2D eigenvalue weighted by Crippen LogP contribution is 2.44. The van der Waals surface area contributed by atoms with E-state index in [1.165, 1.54) is 4.90 Å². The molecule has 2 amide bonds. The van der Waals surface area contributed by atoms with E-state index in [4.69, 9.17) is 15.9 Å². The van der Waals surface area contributed by atoms with Gasteiger partial charge in [-0.05, 0) is 35.1 Å². The largest absolute Gasteiger partial charge is 0.481 e. The van der Waals surface area contributed by atoms with E-state index in [1.54, 1.807) is 0 Å². The lowest BCUT2D eigenvalue weighted by Crippen LogP contribution is -2.53. The molecule has 0 radical (unpaired) electrons. The number of amides is 2. The highest BCUT2D eigenvalue weighted by Gasteiger charge is 2.34. The number of hydrogen-bond donors (Lipinski definition) is 2. The van der Waals surface area contributed by atoms with Gasteiger partial charge in [-0.25, -0.2) is 4.79 Å². The van der Waals surface area contributed by atoms with Crippen LogP contribution in [0.4, 0.5) is 4.79 Å². The number of carboxylic acid groups (broad SMARTS) is 1. The topological polar surface area (TPSA) is 105 Å². The lowest BCUT2D eigenvalue weighted by atomic mass is 9.98. The molecule has 2 aliphatic rings. The lowest BCUT2D eigenvalue weighted by molar-refractivity contribution is -0.144. The average Bonchev–Trinajstić information content (AvgIpc) is 3.19. The van der Waals surface area contributed by atoms with Gasteiger partial charge in [-0.2, -0.15) is 0 Å². The van der Waals surface area contributed by atoms with Gasteiger partial charge in [0.2, 0.25) is 5.91 Å². The van der Waals surface area contributed by atoms with E-state index in [9.17, 15) is 19.5 Å². The molecule has 4 rings (SSSR count). The van der Waals surface area contributed by atoms with Crippen molar-refractivity contribution in [3.05, 3.63) is 59.7 Å². The van der Waals surface area contributed by atoms with Gasteiger partial charge in [-0.3, -0.25) is 9.59 Å². The summed E-state index contributed by atoms with van der Waals surface area (Å²) in [6.45, 7) is 1.05. The second kappa shape index (κ2) is 11.1. The smallest absolute Gasteiger partial charge is 0.407 e. The molecule has 182 valence electrons. The Labute approximate surface area is 204 Å². The number of carbonyl (C=O) groups is 3. The Bertz CT molecular complexity index is 1090. The summed E-state index contributed by atoms with van der Waals surface area (Å²) in [6.07, 6.45) is 5.24. The van der Waals surface area contributed by atoms with Crippen LogP contribution in [0.5, 0.6) is 0 Å². The third-order valence-corrected chi connectivity index (χ3v) is 6.49. The third kappa shape index (κ3) is 5.47. The number of carboxylic acids is 1. The van der Waals surface area contributed by atoms with E-state index in [0.29, 0.717) is 26.1 Å². The zero-order valence-corrected chi connectivity index (χ0v) is 19.3. The minimum Gasteiger partial charge on any atom is -0.481 e. The first-order chi connectivity index (χ1) is 17.0. The molecule has 1 fully saturated rings. The third-order valence-electron chi connectivity index (χ3n) is 6.49. The van der Waals surface area contributed by atoms with Crippen molar-refractivity contribution in [2.75, 3.05) is 26.4 Å². The number of hydrogen-bond acceptors (Lipinski definition) is 5. The highest BCUT2D eigenvalue weighted by atomic mass is 16.5. The molecule has 1 heterocycles. The molecule has 0 bridgehead atoms. The maximum atomic E-state index is 13.2. The first-order valence-electron chi connectivity index (χ1n) is 11.6. The highest BCUT2D eigenvalue weighted by molar-refractivity contribution is 5.89. The quantitative estimate of drug-likeness (QED) is 0.568. The van der Waals surface area contributed by atoms with Crippen LogP contribution in [-0.4, -0.2) is 66.4 Å². The van der Waals surface area contributed by atoms with Gasteiger partial charge in [0.1, 0.15) is 12.6 Å². The van der Waals surface area contributed by atoms with Gasteiger partial charge in [-0.1, -0.05) is 54.5 Å². The molecule has 1 aliphatic heterocycles. The van der Waals surface area contributed by atoms with Crippen molar-refractivity contribution >= 4 is 18.0 Å². The van der Waals surface area contributed by atoms with Crippen molar-refractivity contribution in [1.82, 2.24) is 10.2 Å². The van der Waals surface area contributed by atoms with Crippen LogP contribution >= 0.6 is 0 Å². The van der Waals surface area contributed by atoms with Crippen LogP contribution in [0.1, 0.15) is 36.3 Å². The Morgan fingerprint density at radius 1 is 1.09 bits per heavy atom. The number of benzene rings is 2. The molecule has 1 unspecified atom stereocenters. The number of terminal acetylenes is 1. The Kier molecular flexibility index (Phi) is 7.68. The summed E-state index contributed by atoms with van der Waals surface area (Å²) in [7, 11) is 0. The van der Waals surface area contributed by atoms with Crippen molar-refractivity contribution in [2.24, 2.45) is 0 Å². The maximum Gasteiger partial charge on any atom is 0.407 e. The Balaban J connectivity index is 1.45. The molecule has 2 aromatic carbocycles. The van der Waals surface area contributed by atoms with Crippen LogP contribution in [0.3, 0.4) is 0 Å². The first kappa shape index (κ1) is 24.3. The Hall–Kier alpha value is -3.83. The van der Waals surface area contributed by atoms with Crippen LogP contribution in [0.15, 0.2) is 48.5 Å². The van der Waals surface area contributed by atoms with Crippen molar-refractivity contribution in [2.45, 2.75) is 37.3 Å². The monoisotopic (exact) mass is 476 g/mol. The van der Waals surface area contributed by atoms with Crippen LogP contribution in [0.25, 0.3) is 11.1 Å². The SMILES string of the molecule is C#CCN(C(=O)C(CC(=O)O)NC(=O)OCC1c2ccccc2-c2ccccc21)C1CCOCC1. The zero-order valence-electron chi connectivity index (χ0n) is 19.3. The van der Waals surface area contributed by atoms with Crippen LogP contribution in [0, 0.1) is 12.3 Å². The molecule has 8 heteroatoms. The van der Waals surface area contributed by atoms with E-state index in [-0.39, 0.29) is 25.1 Å². The number of nitrogens with zero attached hydrogens (tertiary/aromatic N) is 1. The fraction of sp³-hybridized carbons (Fsp3) is 0.370. The molecule has 0 saturated carbocycles. The van der Waals surface area contributed by atoms with Gasteiger partial charge in [0.25, 0.3) is 0 Å². The summed E-state index contributed by atoms with van der Waals surface area (Å²) in [5.41, 5.74) is 4.30. The van der Waals surface area contributed by atoms with Gasteiger partial charge in [0.05, 0.1) is 13.0 Å². The van der Waals surface area contributed by atoms with Crippen molar-refractivity contribution in [1.29, 1.82) is 0 Å². The fourth-order valence-corrected chi connectivity index (χ4v) is 4.84. The number of aliphatic carboxylic acids is 1. The zero-order chi connectivity index (χ0) is 24.8. The second-order valence-corrected chi connectivity index (χ2v) is 8.63. The molecule has 35 heavy (non-hydrogen) atoms. The summed E-state index contributed by atoms with van der Waals surface area (Å²) in [5.74, 6) is 0.561. The molecule has 2 N–H and O–H groups in total. The van der Waals surface area contributed by atoms with E-state index in [1.807, 2.05) is 48.5 Å². The number of rotatable bonds is 8. The summed E-state index contributed by atoms with van der Waals surface area (Å²) in [5, 5.41) is 11.8. The van der Waals surface area contributed by atoms with E-state index in [0.717, 1.165) is 22.3 Å². The van der Waals surface area contributed by atoms with Gasteiger partial charge in [0.15, 0.2) is 0 Å². The number of carbonyl (C=O) groups excluding carboxylic acids is 2.